The lowest BCUT2D eigenvalue weighted by Crippen LogP contribution is -2.28. The number of ether oxygens (including phenoxy) is 2. The fourth-order valence-corrected chi connectivity index (χ4v) is 3.53. The third-order valence-electron chi connectivity index (χ3n) is 5.06. The van der Waals surface area contributed by atoms with Crippen LogP contribution in [0.3, 0.4) is 0 Å². The summed E-state index contributed by atoms with van der Waals surface area (Å²) in [5.74, 6) is 2.28. The molecule has 0 aliphatic carbocycles. The van der Waals surface area contributed by atoms with Gasteiger partial charge in [0.2, 0.25) is 5.91 Å². The molecular weight excluding hydrogens is 362 g/mol. The molecule has 1 atom stereocenters. The number of benzene rings is 2. The van der Waals surface area contributed by atoms with E-state index in [1.54, 1.807) is 7.11 Å². The molecule has 27 heavy (non-hydrogen) atoms. The van der Waals surface area contributed by atoms with Crippen molar-refractivity contribution in [3.63, 3.8) is 0 Å². The summed E-state index contributed by atoms with van der Waals surface area (Å²) in [5, 5.41) is 0.734. The van der Waals surface area contributed by atoms with Crippen molar-refractivity contribution in [2.75, 3.05) is 26.8 Å². The number of halogens is 1. The quantitative estimate of drug-likeness (QED) is 0.638. The Morgan fingerprint density at radius 1 is 1.19 bits per heavy atom. The zero-order valence-electron chi connectivity index (χ0n) is 15.9. The van der Waals surface area contributed by atoms with Crippen molar-refractivity contribution in [2.45, 2.75) is 32.1 Å². The average molecular weight is 388 g/mol. The summed E-state index contributed by atoms with van der Waals surface area (Å²) in [6, 6.07) is 13.8. The first kappa shape index (κ1) is 19.6. The second-order valence-electron chi connectivity index (χ2n) is 6.96. The van der Waals surface area contributed by atoms with E-state index in [1.807, 2.05) is 42.2 Å². The van der Waals surface area contributed by atoms with Crippen LogP contribution in [0.25, 0.3) is 0 Å². The van der Waals surface area contributed by atoms with Gasteiger partial charge < -0.3 is 14.4 Å². The highest BCUT2D eigenvalue weighted by molar-refractivity contribution is 6.31. The molecule has 2 aromatic rings. The van der Waals surface area contributed by atoms with Crippen molar-refractivity contribution in [3.8, 4) is 11.5 Å². The number of aryl methyl sites for hydroxylation is 1. The van der Waals surface area contributed by atoms with Crippen LogP contribution in [0.1, 0.15) is 36.3 Å². The molecule has 2 aromatic carbocycles. The van der Waals surface area contributed by atoms with Crippen molar-refractivity contribution in [3.05, 3.63) is 58.6 Å². The fourth-order valence-electron chi connectivity index (χ4n) is 3.41. The van der Waals surface area contributed by atoms with E-state index >= 15 is 0 Å². The van der Waals surface area contributed by atoms with E-state index in [0.29, 0.717) is 25.4 Å². The molecule has 1 fully saturated rings. The van der Waals surface area contributed by atoms with Crippen LogP contribution >= 0.6 is 11.6 Å². The summed E-state index contributed by atoms with van der Waals surface area (Å²) in [4.78, 5) is 14.4. The molecule has 0 spiro atoms. The number of amides is 1. The minimum Gasteiger partial charge on any atom is -0.497 e. The molecular formula is C22H26ClNO3. The van der Waals surface area contributed by atoms with E-state index in [1.165, 1.54) is 5.56 Å². The van der Waals surface area contributed by atoms with E-state index in [4.69, 9.17) is 21.1 Å². The molecule has 1 unspecified atom stereocenters. The second kappa shape index (κ2) is 9.14. The van der Waals surface area contributed by atoms with Crippen LogP contribution in [-0.4, -0.2) is 37.6 Å². The highest BCUT2D eigenvalue weighted by Gasteiger charge is 2.26. The predicted molar refractivity (Wildman–Crippen MR) is 108 cm³/mol. The molecule has 0 bridgehead atoms. The number of methoxy groups -OCH3 is 1. The molecule has 0 aromatic heterocycles. The van der Waals surface area contributed by atoms with Crippen LogP contribution in [-0.2, 0) is 4.79 Å². The standard InChI is InChI=1S/C22H26ClNO3/c1-16-14-20(9-10-21(16)23)27-13-3-4-22(25)24-12-11-18(15-24)17-5-7-19(26-2)8-6-17/h5-10,14,18H,3-4,11-13,15H2,1-2H3. The number of likely N-dealkylation sites (tertiary alicyclic amines) is 1. The van der Waals surface area contributed by atoms with Gasteiger partial charge in [-0.15, -0.1) is 0 Å². The van der Waals surface area contributed by atoms with Crippen LogP contribution in [0.2, 0.25) is 5.02 Å². The van der Waals surface area contributed by atoms with Gasteiger partial charge in [-0.2, -0.15) is 0 Å². The van der Waals surface area contributed by atoms with Crippen molar-refractivity contribution in [1.82, 2.24) is 4.90 Å². The van der Waals surface area contributed by atoms with E-state index in [9.17, 15) is 4.79 Å². The Bertz CT molecular complexity index is 776. The van der Waals surface area contributed by atoms with Crippen molar-refractivity contribution in [1.29, 1.82) is 0 Å². The third kappa shape index (κ3) is 5.16. The van der Waals surface area contributed by atoms with Gasteiger partial charge in [0.1, 0.15) is 11.5 Å². The van der Waals surface area contributed by atoms with Crippen LogP contribution in [0.15, 0.2) is 42.5 Å². The number of hydrogen-bond donors (Lipinski definition) is 0. The first-order chi connectivity index (χ1) is 13.1. The first-order valence-corrected chi connectivity index (χ1v) is 9.75. The summed E-state index contributed by atoms with van der Waals surface area (Å²) >= 11 is 6.02. The smallest absolute Gasteiger partial charge is 0.222 e. The SMILES string of the molecule is COc1ccc(C2CCN(C(=O)CCCOc3ccc(Cl)c(C)c3)C2)cc1. The number of nitrogens with zero attached hydrogens (tertiary/aromatic N) is 1. The molecule has 0 saturated carbocycles. The summed E-state index contributed by atoms with van der Waals surface area (Å²) in [6.45, 7) is 4.10. The third-order valence-corrected chi connectivity index (χ3v) is 5.49. The molecule has 3 rings (SSSR count). The summed E-state index contributed by atoms with van der Waals surface area (Å²) in [5.41, 5.74) is 2.26. The van der Waals surface area contributed by atoms with Crippen LogP contribution < -0.4 is 9.47 Å². The normalized spacial score (nSPS) is 16.4. The van der Waals surface area contributed by atoms with Gasteiger partial charge in [0.25, 0.3) is 0 Å². The second-order valence-corrected chi connectivity index (χ2v) is 7.37. The fraction of sp³-hybridized carbons (Fsp3) is 0.409. The van der Waals surface area contributed by atoms with Gasteiger partial charge in [-0.1, -0.05) is 23.7 Å². The Hall–Kier alpha value is -2.20. The lowest BCUT2D eigenvalue weighted by molar-refractivity contribution is -0.130. The number of carbonyl (C=O) groups is 1. The van der Waals surface area contributed by atoms with Crippen LogP contribution in [0, 0.1) is 6.92 Å². The predicted octanol–water partition coefficient (Wildman–Crippen LogP) is 4.83. The molecule has 1 heterocycles. The molecule has 4 nitrogen and oxygen atoms in total. The summed E-state index contributed by atoms with van der Waals surface area (Å²) < 4.78 is 10.9. The van der Waals surface area contributed by atoms with Crippen molar-refractivity contribution in [2.24, 2.45) is 0 Å². The number of carbonyl (C=O) groups excluding carboxylic acids is 1. The number of rotatable bonds is 7. The lowest BCUT2D eigenvalue weighted by Gasteiger charge is -2.17. The van der Waals surface area contributed by atoms with E-state index < -0.39 is 0 Å². The lowest BCUT2D eigenvalue weighted by atomic mass is 9.98. The van der Waals surface area contributed by atoms with Gasteiger partial charge in [0.05, 0.1) is 13.7 Å². The maximum atomic E-state index is 12.5. The van der Waals surface area contributed by atoms with E-state index in [-0.39, 0.29) is 5.91 Å². The Labute approximate surface area is 166 Å². The van der Waals surface area contributed by atoms with Crippen molar-refractivity contribution >= 4 is 17.5 Å². The van der Waals surface area contributed by atoms with Gasteiger partial charge in [-0.05, 0) is 61.2 Å². The van der Waals surface area contributed by atoms with Gasteiger partial charge in [-0.25, -0.2) is 0 Å². The molecule has 0 radical (unpaired) electrons. The summed E-state index contributed by atoms with van der Waals surface area (Å²) in [7, 11) is 1.67. The summed E-state index contributed by atoms with van der Waals surface area (Å²) in [6.07, 6.45) is 2.24. The highest BCUT2D eigenvalue weighted by atomic mass is 35.5. The molecule has 144 valence electrons. The Balaban J connectivity index is 1.41. The monoisotopic (exact) mass is 387 g/mol. The van der Waals surface area contributed by atoms with Gasteiger partial charge in [0, 0.05) is 30.5 Å². The molecule has 1 saturated heterocycles. The minimum atomic E-state index is 0.210. The molecule has 1 amide bonds. The molecule has 5 heteroatoms. The Kier molecular flexibility index (Phi) is 6.62. The van der Waals surface area contributed by atoms with Crippen LogP contribution in [0.5, 0.6) is 11.5 Å². The Morgan fingerprint density at radius 2 is 1.93 bits per heavy atom. The largest absolute Gasteiger partial charge is 0.497 e. The minimum absolute atomic E-state index is 0.210. The van der Waals surface area contributed by atoms with Crippen molar-refractivity contribution < 1.29 is 14.3 Å². The van der Waals surface area contributed by atoms with E-state index in [2.05, 4.69) is 12.1 Å². The van der Waals surface area contributed by atoms with Gasteiger partial charge >= 0.3 is 0 Å². The first-order valence-electron chi connectivity index (χ1n) is 9.37. The molecule has 1 aliphatic heterocycles. The maximum absolute atomic E-state index is 12.5. The zero-order valence-corrected chi connectivity index (χ0v) is 16.7. The Morgan fingerprint density at radius 3 is 2.63 bits per heavy atom. The van der Waals surface area contributed by atoms with E-state index in [0.717, 1.165) is 41.6 Å². The maximum Gasteiger partial charge on any atom is 0.222 e. The topological polar surface area (TPSA) is 38.8 Å². The van der Waals surface area contributed by atoms with Crippen LogP contribution in [0.4, 0.5) is 0 Å². The molecule has 0 N–H and O–H groups in total. The highest BCUT2D eigenvalue weighted by Crippen LogP contribution is 2.29. The zero-order chi connectivity index (χ0) is 19.2. The average Bonchev–Trinajstić information content (AvgIpc) is 3.18. The molecule has 1 aliphatic rings. The van der Waals surface area contributed by atoms with Gasteiger partial charge in [0.15, 0.2) is 0 Å². The number of hydrogen-bond acceptors (Lipinski definition) is 3. The van der Waals surface area contributed by atoms with Gasteiger partial charge in [-0.3, -0.25) is 4.79 Å².